The molecule has 0 bridgehead atoms. The fraction of sp³-hybridized carbons (Fsp3) is 0.500. The summed E-state index contributed by atoms with van der Waals surface area (Å²) in [5.41, 5.74) is 1.39. The molecule has 1 saturated heterocycles. The van der Waals surface area contributed by atoms with Crippen LogP contribution in [0, 0.1) is 10.1 Å². The Hall–Kier alpha value is -1.58. The zero-order valence-corrected chi connectivity index (χ0v) is 9.64. The van der Waals surface area contributed by atoms with Crippen molar-refractivity contribution >= 4 is 11.4 Å². The molecule has 2 rings (SSSR count). The second kappa shape index (κ2) is 3.77. The second-order valence-electron chi connectivity index (χ2n) is 4.84. The molecule has 1 heterocycles. The molecule has 16 heavy (non-hydrogen) atoms. The van der Waals surface area contributed by atoms with E-state index < -0.39 is 0 Å². The molecule has 1 aromatic carbocycles. The van der Waals surface area contributed by atoms with Gasteiger partial charge in [-0.3, -0.25) is 10.1 Å². The van der Waals surface area contributed by atoms with E-state index in [1.54, 1.807) is 12.1 Å². The number of nitrogens with zero attached hydrogens (tertiary/aromatic N) is 2. The summed E-state index contributed by atoms with van der Waals surface area (Å²) in [6.45, 7) is 5.45. The number of nitro benzene ring substituents is 1. The van der Waals surface area contributed by atoms with E-state index in [1.807, 2.05) is 12.1 Å². The van der Waals surface area contributed by atoms with Gasteiger partial charge in [-0.25, -0.2) is 0 Å². The highest BCUT2D eigenvalue weighted by Gasteiger charge is 2.31. The average molecular weight is 220 g/mol. The fourth-order valence-electron chi connectivity index (χ4n) is 2.34. The topological polar surface area (TPSA) is 46.4 Å². The number of rotatable bonds is 2. The fourth-order valence-corrected chi connectivity index (χ4v) is 2.34. The lowest BCUT2D eigenvalue weighted by Crippen LogP contribution is -2.38. The Kier molecular flexibility index (Phi) is 2.58. The van der Waals surface area contributed by atoms with Crippen LogP contribution < -0.4 is 4.90 Å². The molecule has 1 aliphatic heterocycles. The van der Waals surface area contributed by atoms with Crippen molar-refractivity contribution < 1.29 is 4.92 Å². The van der Waals surface area contributed by atoms with Gasteiger partial charge in [0.1, 0.15) is 0 Å². The SMILES string of the molecule is CC1(C)CCCN1c1ccc([N+](=O)[O-])cc1. The zero-order valence-electron chi connectivity index (χ0n) is 9.64. The molecule has 0 amide bonds. The molecule has 4 nitrogen and oxygen atoms in total. The van der Waals surface area contributed by atoms with Crippen molar-refractivity contribution in [2.45, 2.75) is 32.2 Å². The zero-order chi connectivity index (χ0) is 11.8. The highest BCUT2D eigenvalue weighted by atomic mass is 16.6. The average Bonchev–Trinajstić information content (AvgIpc) is 2.58. The minimum atomic E-state index is -0.362. The monoisotopic (exact) mass is 220 g/mol. The maximum atomic E-state index is 10.6. The molecule has 0 N–H and O–H groups in total. The van der Waals surface area contributed by atoms with Gasteiger partial charge >= 0.3 is 0 Å². The Morgan fingerprint density at radius 2 is 1.94 bits per heavy atom. The number of non-ortho nitro benzene ring substituents is 1. The van der Waals surface area contributed by atoms with E-state index >= 15 is 0 Å². The molecule has 1 aliphatic rings. The van der Waals surface area contributed by atoms with E-state index in [4.69, 9.17) is 0 Å². The van der Waals surface area contributed by atoms with Crippen LogP contribution in [0.25, 0.3) is 0 Å². The van der Waals surface area contributed by atoms with Gasteiger partial charge in [0, 0.05) is 29.9 Å². The highest BCUT2D eigenvalue weighted by Crippen LogP contribution is 2.33. The standard InChI is InChI=1S/C12H16N2O2/c1-12(2)8-3-9-13(12)10-4-6-11(7-5-10)14(15)16/h4-7H,3,8-9H2,1-2H3. The van der Waals surface area contributed by atoms with Gasteiger partial charge in [0.15, 0.2) is 0 Å². The van der Waals surface area contributed by atoms with E-state index in [-0.39, 0.29) is 16.1 Å². The van der Waals surface area contributed by atoms with Gasteiger partial charge in [-0.2, -0.15) is 0 Å². The van der Waals surface area contributed by atoms with Gasteiger partial charge in [-0.15, -0.1) is 0 Å². The lowest BCUT2D eigenvalue weighted by molar-refractivity contribution is -0.384. The lowest BCUT2D eigenvalue weighted by atomic mass is 10.0. The normalized spacial score (nSPS) is 18.8. The summed E-state index contributed by atoms with van der Waals surface area (Å²) in [7, 11) is 0. The molecular weight excluding hydrogens is 204 g/mol. The van der Waals surface area contributed by atoms with Crippen LogP contribution in [0.4, 0.5) is 11.4 Å². The molecule has 0 saturated carbocycles. The first kappa shape index (κ1) is 10.9. The molecular formula is C12H16N2O2. The van der Waals surface area contributed by atoms with Crippen LogP contribution in [0.15, 0.2) is 24.3 Å². The van der Waals surface area contributed by atoms with E-state index in [1.165, 1.54) is 12.8 Å². The Balaban J connectivity index is 2.25. The van der Waals surface area contributed by atoms with Crippen LogP contribution in [0.3, 0.4) is 0 Å². The van der Waals surface area contributed by atoms with Crippen LogP contribution in [0.1, 0.15) is 26.7 Å². The summed E-state index contributed by atoms with van der Waals surface area (Å²) in [6.07, 6.45) is 2.36. The van der Waals surface area contributed by atoms with Gasteiger partial charge in [-0.05, 0) is 38.8 Å². The van der Waals surface area contributed by atoms with E-state index in [0.717, 1.165) is 12.2 Å². The Labute approximate surface area is 95.0 Å². The van der Waals surface area contributed by atoms with E-state index in [2.05, 4.69) is 18.7 Å². The van der Waals surface area contributed by atoms with E-state index in [9.17, 15) is 10.1 Å². The summed E-state index contributed by atoms with van der Waals surface area (Å²) in [5.74, 6) is 0. The first-order chi connectivity index (χ1) is 7.50. The Morgan fingerprint density at radius 1 is 1.31 bits per heavy atom. The van der Waals surface area contributed by atoms with Gasteiger partial charge in [0.05, 0.1) is 4.92 Å². The molecule has 1 fully saturated rings. The predicted molar refractivity (Wildman–Crippen MR) is 63.8 cm³/mol. The van der Waals surface area contributed by atoms with Crippen molar-refractivity contribution in [3.05, 3.63) is 34.4 Å². The molecule has 86 valence electrons. The largest absolute Gasteiger partial charge is 0.366 e. The Morgan fingerprint density at radius 3 is 2.38 bits per heavy atom. The first-order valence-electron chi connectivity index (χ1n) is 5.53. The molecule has 0 spiro atoms. The van der Waals surface area contributed by atoms with Crippen molar-refractivity contribution in [2.24, 2.45) is 0 Å². The third kappa shape index (κ3) is 1.87. The Bertz CT molecular complexity index is 398. The molecule has 0 radical (unpaired) electrons. The quantitative estimate of drug-likeness (QED) is 0.568. The molecule has 0 unspecified atom stereocenters. The summed E-state index contributed by atoms with van der Waals surface area (Å²) >= 11 is 0. The number of anilines is 1. The number of hydrogen-bond acceptors (Lipinski definition) is 3. The summed E-state index contributed by atoms with van der Waals surface area (Å²) in [6, 6.07) is 6.82. The van der Waals surface area contributed by atoms with Gasteiger partial charge in [0.25, 0.3) is 5.69 Å². The highest BCUT2D eigenvalue weighted by molar-refractivity contribution is 5.53. The van der Waals surface area contributed by atoms with Crippen molar-refractivity contribution in [3.8, 4) is 0 Å². The summed E-state index contributed by atoms with van der Waals surface area (Å²) < 4.78 is 0. The van der Waals surface area contributed by atoms with Crippen molar-refractivity contribution in [2.75, 3.05) is 11.4 Å². The molecule has 1 aromatic rings. The van der Waals surface area contributed by atoms with Crippen LogP contribution in [0.2, 0.25) is 0 Å². The second-order valence-corrected chi connectivity index (χ2v) is 4.84. The smallest absolute Gasteiger partial charge is 0.269 e. The van der Waals surface area contributed by atoms with Gasteiger partial charge < -0.3 is 4.90 Å². The minimum absolute atomic E-state index is 0.153. The van der Waals surface area contributed by atoms with Crippen LogP contribution in [-0.2, 0) is 0 Å². The molecule has 0 atom stereocenters. The first-order valence-corrected chi connectivity index (χ1v) is 5.53. The summed E-state index contributed by atoms with van der Waals surface area (Å²) in [4.78, 5) is 12.5. The molecule has 0 aliphatic carbocycles. The van der Waals surface area contributed by atoms with Crippen LogP contribution >= 0.6 is 0 Å². The maximum absolute atomic E-state index is 10.6. The summed E-state index contributed by atoms with van der Waals surface area (Å²) in [5, 5.41) is 10.6. The van der Waals surface area contributed by atoms with Crippen molar-refractivity contribution in [1.82, 2.24) is 0 Å². The third-order valence-electron chi connectivity index (χ3n) is 3.27. The van der Waals surface area contributed by atoms with Crippen LogP contribution in [0.5, 0.6) is 0 Å². The van der Waals surface area contributed by atoms with Gasteiger partial charge in [-0.1, -0.05) is 0 Å². The molecule has 4 heteroatoms. The van der Waals surface area contributed by atoms with Crippen molar-refractivity contribution in [1.29, 1.82) is 0 Å². The predicted octanol–water partition coefficient (Wildman–Crippen LogP) is 2.97. The lowest BCUT2D eigenvalue weighted by Gasteiger charge is -2.33. The maximum Gasteiger partial charge on any atom is 0.269 e. The van der Waals surface area contributed by atoms with Crippen molar-refractivity contribution in [3.63, 3.8) is 0 Å². The number of nitro groups is 1. The van der Waals surface area contributed by atoms with Crippen LogP contribution in [-0.4, -0.2) is 17.0 Å². The minimum Gasteiger partial charge on any atom is -0.366 e. The van der Waals surface area contributed by atoms with Gasteiger partial charge in [0.2, 0.25) is 0 Å². The van der Waals surface area contributed by atoms with E-state index in [0.29, 0.717) is 0 Å². The third-order valence-corrected chi connectivity index (χ3v) is 3.27. The number of hydrogen-bond donors (Lipinski definition) is 0. The molecule has 0 aromatic heterocycles. The number of benzene rings is 1.